The number of carbonyl (C=O) groups is 2. The lowest BCUT2D eigenvalue weighted by Gasteiger charge is -2.32. The molecule has 3 rings (SSSR count). The van der Waals surface area contributed by atoms with Gasteiger partial charge in [-0.3, -0.25) is 9.59 Å². The van der Waals surface area contributed by atoms with Crippen LogP contribution in [-0.2, 0) is 22.6 Å². The molecule has 0 saturated carbocycles. The molecule has 0 heterocycles. The SMILES string of the molecule is CC(C)NC(=O)[C@@H](Cc1ccccc1)N(Cc1cccc(Cl)c1)C(=O)COc1ccc(C(C)C)cc1. The second-order valence-corrected chi connectivity index (χ2v) is 9.97. The van der Waals surface area contributed by atoms with Gasteiger partial charge < -0.3 is 15.0 Å². The van der Waals surface area contributed by atoms with Crippen molar-refractivity contribution in [2.75, 3.05) is 6.61 Å². The van der Waals surface area contributed by atoms with E-state index in [1.54, 1.807) is 11.0 Å². The summed E-state index contributed by atoms with van der Waals surface area (Å²) in [4.78, 5) is 28.6. The van der Waals surface area contributed by atoms with Gasteiger partial charge >= 0.3 is 0 Å². The molecule has 3 aromatic rings. The normalized spacial score (nSPS) is 11.9. The molecule has 0 bridgehead atoms. The Hall–Kier alpha value is -3.31. The zero-order chi connectivity index (χ0) is 26.1. The molecule has 3 aromatic carbocycles. The van der Waals surface area contributed by atoms with E-state index < -0.39 is 6.04 Å². The first-order valence-electron chi connectivity index (χ1n) is 12.3. The molecule has 0 aromatic heterocycles. The Bertz CT molecular complexity index is 1130. The first-order valence-corrected chi connectivity index (χ1v) is 12.7. The summed E-state index contributed by atoms with van der Waals surface area (Å²) in [5, 5.41) is 3.56. The molecule has 0 fully saturated rings. The van der Waals surface area contributed by atoms with Crippen LogP contribution < -0.4 is 10.1 Å². The molecule has 0 aliphatic carbocycles. The van der Waals surface area contributed by atoms with Gasteiger partial charge in [-0.05, 0) is 60.7 Å². The number of halogens is 1. The molecule has 36 heavy (non-hydrogen) atoms. The van der Waals surface area contributed by atoms with Crippen LogP contribution in [0.5, 0.6) is 5.75 Å². The summed E-state index contributed by atoms with van der Waals surface area (Å²) in [5.74, 6) is 0.544. The average molecular weight is 507 g/mol. The highest BCUT2D eigenvalue weighted by Crippen LogP contribution is 2.20. The van der Waals surface area contributed by atoms with Crippen molar-refractivity contribution in [2.45, 2.75) is 58.7 Å². The predicted molar refractivity (Wildman–Crippen MR) is 145 cm³/mol. The van der Waals surface area contributed by atoms with E-state index >= 15 is 0 Å². The third kappa shape index (κ3) is 8.13. The van der Waals surface area contributed by atoms with Crippen LogP contribution in [0.1, 0.15) is 50.3 Å². The maximum atomic E-state index is 13.6. The van der Waals surface area contributed by atoms with Gasteiger partial charge in [0.2, 0.25) is 5.91 Å². The van der Waals surface area contributed by atoms with Gasteiger partial charge in [-0.1, -0.05) is 80.0 Å². The fraction of sp³-hybridized carbons (Fsp3) is 0.333. The molecular weight excluding hydrogens is 472 g/mol. The molecule has 0 radical (unpaired) electrons. The lowest BCUT2D eigenvalue weighted by atomic mass is 10.0. The number of ether oxygens (including phenoxy) is 1. The van der Waals surface area contributed by atoms with Crippen molar-refractivity contribution in [2.24, 2.45) is 0 Å². The minimum Gasteiger partial charge on any atom is -0.484 e. The first-order chi connectivity index (χ1) is 17.2. The first kappa shape index (κ1) is 27.3. The molecule has 0 spiro atoms. The molecule has 2 amide bonds. The number of amides is 2. The fourth-order valence-corrected chi connectivity index (χ4v) is 4.16. The van der Waals surface area contributed by atoms with E-state index in [0.29, 0.717) is 23.1 Å². The quantitative estimate of drug-likeness (QED) is 0.346. The number of carbonyl (C=O) groups excluding carboxylic acids is 2. The Morgan fingerprint density at radius 1 is 0.889 bits per heavy atom. The van der Waals surface area contributed by atoms with Gasteiger partial charge in [0.15, 0.2) is 6.61 Å². The van der Waals surface area contributed by atoms with E-state index in [-0.39, 0.29) is 31.0 Å². The van der Waals surface area contributed by atoms with E-state index in [4.69, 9.17) is 16.3 Å². The van der Waals surface area contributed by atoms with Gasteiger partial charge in [-0.15, -0.1) is 0 Å². The molecule has 1 N–H and O–H groups in total. The largest absolute Gasteiger partial charge is 0.484 e. The van der Waals surface area contributed by atoms with Crippen LogP contribution in [0.3, 0.4) is 0 Å². The number of nitrogens with one attached hydrogen (secondary N) is 1. The van der Waals surface area contributed by atoms with Crippen LogP contribution in [0.2, 0.25) is 5.02 Å². The molecule has 5 nitrogen and oxygen atoms in total. The van der Waals surface area contributed by atoms with E-state index in [2.05, 4.69) is 19.2 Å². The third-order valence-corrected chi connectivity index (χ3v) is 6.09. The summed E-state index contributed by atoms with van der Waals surface area (Å²) < 4.78 is 5.86. The van der Waals surface area contributed by atoms with Crippen LogP contribution in [0.4, 0.5) is 0 Å². The van der Waals surface area contributed by atoms with Gasteiger partial charge in [0.05, 0.1) is 0 Å². The summed E-state index contributed by atoms with van der Waals surface area (Å²) in [7, 11) is 0. The highest BCUT2D eigenvalue weighted by Gasteiger charge is 2.31. The van der Waals surface area contributed by atoms with Gasteiger partial charge in [-0.2, -0.15) is 0 Å². The van der Waals surface area contributed by atoms with Crippen molar-refractivity contribution in [3.05, 3.63) is 101 Å². The lowest BCUT2D eigenvalue weighted by molar-refractivity contribution is -0.143. The van der Waals surface area contributed by atoms with Gasteiger partial charge in [0.1, 0.15) is 11.8 Å². The van der Waals surface area contributed by atoms with E-state index in [9.17, 15) is 9.59 Å². The van der Waals surface area contributed by atoms with Crippen molar-refractivity contribution in [1.82, 2.24) is 10.2 Å². The van der Waals surface area contributed by atoms with Crippen LogP contribution in [0.15, 0.2) is 78.9 Å². The molecule has 190 valence electrons. The Labute approximate surface area is 219 Å². The van der Waals surface area contributed by atoms with E-state index in [0.717, 1.165) is 11.1 Å². The summed E-state index contributed by atoms with van der Waals surface area (Å²) in [6, 6.07) is 24.0. The predicted octanol–water partition coefficient (Wildman–Crippen LogP) is 6.01. The van der Waals surface area contributed by atoms with Crippen molar-refractivity contribution >= 4 is 23.4 Å². The van der Waals surface area contributed by atoms with Crippen molar-refractivity contribution < 1.29 is 14.3 Å². The summed E-state index contributed by atoms with van der Waals surface area (Å²) in [5.41, 5.74) is 3.01. The van der Waals surface area contributed by atoms with Crippen LogP contribution >= 0.6 is 11.6 Å². The Morgan fingerprint density at radius 3 is 2.17 bits per heavy atom. The summed E-state index contributed by atoms with van der Waals surface area (Å²) in [6.07, 6.45) is 0.384. The van der Waals surface area contributed by atoms with Crippen molar-refractivity contribution in [3.63, 3.8) is 0 Å². The van der Waals surface area contributed by atoms with Crippen molar-refractivity contribution in [3.8, 4) is 5.75 Å². The van der Waals surface area contributed by atoms with Crippen LogP contribution in [0.25, 0.3) is 0 Å². The molecule has 0 aliphatic heterocycles. The maximum Gasteiger partial charge on any atom is 0.261 e. The number of nitrogens with zero attached hydrogens (tertiary/aromatic N) is 1. The van der Waals surface area contributed by atoms with Gasteiger partial charge in [0, 0.05) is 24.0 Å². The fourth-order valence-electron chi connectivity index (χ4n) is 3.94. The van der Waals surface area contributed by atoms with Crippen LogP contribution in [0, 0.1) is 0 Å². The van der Waals surface area contributed by atoms with E-state index in [1.807, 2.05) is 86.6 Å². The monoisotopic (exact) mass is 506 g/mol. The Kier molecular flexibility index (Phi) is 9.95. The second kappa shape index (κ2) is 13.1. The smallest absolute Gasteiger partial charge is 0.261 e. The number of hydrogen-bond donors (Lipinski definition) is 1. The number of rotatable bonds is 11. The Morgan fingerprint density at radius 2 is 1.56 bits per heavy atom. The van der Waals surface area contributed by atoms with Crippen molar-refractivity contribution in [1.29, 1.82) is 0 Å². The molecule has 6 heteroatoms. The van der Waals surface area contributed by atoms with E-state index in [1.165, 1.54) is 5.56 Å². The topological polar surface area (TPSA) is 58.6 Å². The summed E-state index contributed by atoms with van der Waals surface area (Å²) in [6.45, 7) is 8.12. The molecule has 0 unspecified atom stereocenters. The maximum absolute atomic E-state index is 13.6. The third-order valence-electron chi connectivity index (χ3n) is 5.85. The number of benzene rings is 3. The summed E-state index contributed by atoms with van der Waals surface area (Å²) >= 11 is 6.22. The minimum atomic E-state index is -0.715. The average Bonchev–Trinajstić information content (AvgIpc) is 2.85. The molecule has 0 saturated heterocycles. The molecule has 0 aliphatic rings. The highest BCUT2D eigenvalue weighted by atomic mass is 35.5. The second-order valence-electron chi connectivity index (χ2n) is 9.53. The molecule has 1 atom stereocenters. The standard InChI is InChI=1S/C30H35ClN2O3/c1-21(2)25-13-15-27(16-14-25)36-20-29(34)33(19-24-11-8-12-26(31)17-24)28(30(35)32-22(3)4)18-23-9-6-5-7-10-23/h5-17,21-22,28H,18-20H2,1-4H3,(H,32,35)/t28-/m1/s1. The zero-order valence-corrected chi connectivity index (χ0v) is 22.2. The molecular formula is C30H35ClN2O3. The van der Waals surface area contributed by atoms with Crippen LogP contribution in [-0.4, -0.2) is 35.4 Å². The zero-order valence-electron chi connectivity index (χ0n) is 21.4. The van der Waals surface area contributed by atoms with Gasteiger partial charge in [-0.25, -0.2) is 0 Å². The number of hydrogen-bond acceptors (Lipinski definition) is 3. The lowest BCUT2D eigenvalue weighted by Crippen LogP contribution is -2.52. The van der Waals surface area contributed by atoms with Gasteiger partial charge in [0.25, 0.3) is 5.91 Å². The Balaban J connectivity index is 1.88. The highest BCUT2D eigenvalue weighted by molar-refractivity contribution is 6.30. The minimum absolute atomic E-state index is 0.0605.